The quantitative estimate of drug-likeness (QED) is 0.781. The lowest BCUT2D eigenvalue weighted by molar-refractivity contribution is 0.279. The van der Waals surface area contributed by atoms with Gasteiger partial charge in [0.15, 0.2) is 15.7 Å². The van der Waals surface area contributed by atoms with Crippen LogP contribution >= 0.6 is 0 Å². The minimum atomic E-state index is -3.38. The van der Waals surface area contributed by atoms with E-state index in [1.54, 1.807) is 10.7 Å². The normalized spacial score (nSPS) is 15.4. The first-order chi connectivity index (χ1) is 11.0. The largest absolute Gasteiger partial charge is 0.481 e. The van der Waals surface area contributed by atoms with Gasteiger partial charge in [-0.2, -0.15) is 0 Å². The van der Waals surface area contributed by atoms with Gasteiger partial charge in [-0.1, -0.05) is 0 Å². The summed E-state index contributed by atoms with van der Waals surface area (Å²) in [6.07, 6.45) is 4.66. The monoisotopic (exact) mass is 337 g/mol. The summed E-state index contributed by atoms with van der Waals surface area (Å²) in [7, 11) is -1.84. The van der Waals surface area contributed by atoms with E-state index in [4.69, 9.17) is 4.74 Å². The lowest BCUT2D eigenvalue weighted by Crippen LogP contribution is -2.22. The minimum Gasteiger partial charge on any atom is -0.481 e. The number of hydrogen-bond donors (Lipinski definition) is 0. The zero-order valence-corrected chi connectivity index (χ0v) is 14.0. The second-order valence-corrected chi connectivity index (χ2v) is 7.89. The first-order valence-corrected chi connectivity index (χ1v) is 9.27. The van der Waals surface area contributed by atoms with E-state index in [9.17, 15) is 8.42 Å². The van der Waals surface area contributed by atoms with Crippen LogP contribution in [0.3, 0.4) is 0 Å². The summed E-state index contributed by atoms with van der Waals surface area (Å²) >= 11 is 0. The zero-order chi connectivity index (χ0) is 16.4. The summed E-state index contributed by atoms with van der Waals surface area (Å²) in [6.45, 7) is 1.83. The Morgan fingerprint density at radius 1 is 1.35 bits per heavy atom. The van der Waals surface area contributed by atoms with E-state index >= 15 is 0 Å². The minimum absolute atomic E-state index is 0.0949. The Morgan fingerprint density at radius 3 is 2.74 bits per heavy atom. The summed E-state index contributed by atoms with van der Waals surface area (Å²) in [4.78, 5) is 4.11. The number of sulfone groups is 1. The molecular formula is C14H19N5O3S. The number of aryl methyl sites for hydroxylation is 1. The molecule has 23 heavy (non-hydrogen) atoms. The van der Waals surface area contributed by atoms with Crippen molar-refractivity contribution in [2.45, 2.75) is 43.7 Å². The van der Waals surface area contributed by atoms with Crippen LogP contribution in [-0.4, -0.2) is 40.7 Å². The molecule has 8 nitrogen and oxygen atoms in total. The van der Waals surface area contributed by atoms with Crippen molar-refractivity contribution in [1.29, 1.82) is 0 Å². The number of rotatable bonds is 6. The van der Waals surface area contributed by atoms with Crippen molar-refractivity contribution in [3.63, 3.8) is 0 Å². The van der Waals surface area contributed by atoms with Crippen LogP contribution in [0.5, 0.6) is 5.88 Å². The number of pyridine rings is 1. The molecule has 1 aliphatic rings. The van der Waals surface area contributed by atoms with Gasteiger partial charge in [-0.05, 0) is 48.2 Å². The molecule has 0 N–H and O–H groups in total. The molecule has 1 aliphatic carbocycles. The van der Waals surface area contributed by atoms with Gasteiger partial charge < -0.3 is 4.74 Å². The molecule has 0 unspecified atom stereocenters. The molecule has 1 saturated carbocycles. The van der Waals surface area contributed by atoms with Crippen LogP contribution in [0.2, 0.25) is 0 Å². The molecular weight excluding hydrogens is 318 g/mol. The van der Waals surface area contributed by atoms with Crippen molar-refractivity contribution in [2.24, 2.45) is 0 Å². The van der Waals surface area contributed by atoms with Crippen LogP contribution in [0, 0.1) is 6.92 Å². The van der Waals surface area contributed by atoms with Gasteiger partial charge in [0.2, 0.25) is 5.88 Å². The van der Waals surface area contributed by atoms with Crippen LogP contribution in [0.4, 0.5) is 0 Å². The molecule has 1 fully saturated rings. The lowest BCUT2D eigenvalue weighted by atomic mass is 9.93. The maximum Gasteiger partial charge on any atom is 0.215 e. The van der Waals surface area contributed by atoms with Crippen molar-refractivity contribution in [2.75, 3.05) is 7.11 Å². The SMILES string of the molecule is COc1ncc(CS(=O)(=O)Cc2nnnn2C2CCC2)cc1C. The van der Waals surface area contributed by atoms with Crippen LogP contribution < -0.4 is 4.74 Å². The van der Waals surface area contributed by atoms with E-state index in [0.717, 1.165) is 24.8 Å². The summed E-state index contributed by atoms with van der Waals surface area (Å²) < 4.78 is 31.6. The van der Waals surface area contributed by atoms with Crippen molar-refractivity contribution in [1.82, 2.24) is 25.2 Å². The average molecular weight is 337 g/mol. The highest BCUT2D eigenvalue weighted by Gasteiger charge is 2.26. The molecule has 0 atom stereocenters. The van der Waals surface area contributed by atoms with Crippen LogP contribution in [0.15, 0.2) is 12.3 Å². The smallest absolute Gasteiger partial charge is 0.215 e. The highest BCUT2D eigenvalue weighted by atomic mass is 32.2. The summed E-state index contributed by atoms with van der Waals surface area (Å²) in [5, 5.41) is 11.4. The molecule has 0 aromatic carbocycles. The van der Waals surface area contributed by atoms with Gasteiger partial charge in [0.05, 0.1) is 18.9 Å². The molecule has 2 aromatic rings. The predicted octanol–water partition coefficient (Wildman–Crippen LogP) is 1.23. The Labute approximate surface area is 134 Å². The second kappa shape index (κ2) is 6.23. The van der Waals surface area contributed by atoms with Crippen molar-refractivity contribution >= 4 is 9.84 Å². The molecule has 2 heterocycles. The molecule has 0 spiro atoms. The van der Waals surface area contributed by atoms with E-state index in [-0.39, 0.29) is 17.5 Å². The Hall–Kier alpha value is -2.03. The number of hydrogen-bond acceptors (Lipinski definition) is 7. The van der Waals surface area contributed by atoms with Crippen LogP contribution in [0.25, 0.3) is 0 Å². The first-order valence-electron chi connectivity index (χ1n) is 7.45. The number of aromatic nitrogens is 5. The molecule has 124 valence electrons. The van der Waals surface area contributed by atoms with E-state index in [2.05, 4.69) is 20.5 Å². The molecule has 0 bridgehead atoms. The third kappa shape index (κ3) is 3.49. The van der Waals surface area contributed by atoms with Gasteiger partial charge in [-0.25, -0.2) is 18.1 Å². The Morgan fingerprint density at radius 2 is 2.13 bits per heavy atom. The van der Waals surface area contributed by atoms with Crippen molar-refractivity contribution in [3.8, 4) is 5.88 Å². The maximum atomic E-state index is 12.4. The Bertz CT molecular complexity index is 798. The van der Waals surface area contributed by atoms with E-state index in [1.807, 2.05) is 6.92 Å². The summed E-state index contributed by atoms with van der Waals surface area (Å²) in [6, 6.07) is 2.01. The first kappa shape index (κ1) is 15.9. The van der Waals surface area contributed by atoms with Crippen molar-refractivity contribution in [3.05, 3.63) is 29.2 Å². The number of ether oxygens (including phenoxy) is 1. The molecule has 0 amide bonds. The highest BCUT2D eigenvalue weighted by Crippen LogP contribution is 2.31. The third-order valence-corrected chi connectivity index (χ3v) is 5.47. The fourth-order valence-electron chi connectivity index (χ4n) is 2.64. The number of methoxy groups -OCH3 is 1. The molecule has 0 saturated heterocycles. The summed E-state index contributed by atoms with van der Waals surface area (Å²) in [5.74, 6) is 0.650. The molecule has 0 radical (unpaired) electrons. The maximum absolute atomic E-state index is 12.4. The van der Waals surface area contributed by atoms with Gasteiger partial charge in [0.25, 0.3) is 0 Å². The lowest BCUT2D eigenvalue weighted by Gasteiger charge is -2.25. The zero-order valence-electron chi connectivity index (χ0n) is 13.1. The van der Waals surface area contributed by atoms with E-state index in [1.165, 1.54) is 13.3 Å². The average Bonchev–Trinajstić information content (AvgIpc) is 2.83. The molecule has 9 heteroatoms. The summed E-state index contributed by atoms with van der Waals surface area (Å²) in [5.41, 5.74) is 1.44. The highest BCUT2D eigenvalue weighted by molar-refractivity contribution is 7.89. The number of nitrogens with zero attached hydrogens (tertiary/aromatic N) is 5. The Kier molecular flexibility index (Phi) is 4.29. The predicted molar refractivity (Wildman–Crippen MR) is 82.6 cm³/mol. The van der Waals surface area contributed by atoms with Crippen LogP contribution in [-0.2, 0) is 21.3 Å². The molecule has 0 aliphatic heterocycles. The van der Waals surface area contributed by atoms with Gasteiger partial charge >= 0.3 is 0 Å². The van der Waals surface area contributed by atoms with E-state index in [0.29, 0.717) is 17.3 Å². The topological polar surface area (TPSA) is 99.9 Å². The molecule has 3 rings (SSSR count). The Balaban J connectivity index is 1.74. The van der Waals surface area contributed by atoms with E-state index < -0.39 is 9.84 Å². The standard InChI is InChI=1S/C14H19N5O3S/c1-10-6-11(7-15-14(10)22-2)8-23(20,21)9-13-16-17-18-19(13)12-4-3-5-12/h6-7,12H,3-5,8-9H2,1-2H3. The van der Waals surface area contributed by atoms with Gasteiger partial charge in [0.1, 0.15) is 5.75 Å². The fraction of sp³-hybridized carbons (Fsp3) is 0.571. The van der Waals surface area contributed by atoms with Crippen molar-refractivity contribution < 1.29 is 13.2 Å². The van der Waals surface area contributed by atoms with Crippen LogP contribution in [0.1, 0.15) is 42.3 Å². The fourth-order valence-corrected chi connectivity index (χ4v) is 3.99. The van der Waals surface area contributed by atoms with Gasteiger partial charge in [0, 0.05) is 11.8 Å². The number of tetrazole rings is 1. The second-order valence-electron chi connectivity index (χ2n) is 5.83. The third-order valence-electron chi connectivity index (χ3n) is 4.00. The molecule has 2 aromatic heterocycles. The van der Waals surface area contributed by atoms with Gasteiger partial charge in [-0.3, -0.25) is 0 Å². The van der Waals surface area contributed by atoms with Gasteiger partial charge in [-0.15, -0.1) is 5.10 Å².